The van der Waals surface area contributed by atoms with Crippen LogP contribution < -0.4 is 5.32 Å². The molecular formula is C10H21N3O. The molecule has 0 spiro atoms. The Labute approximate surface area is 86.2 Å². The monoisotopic (exact) mass is 199 g/mol. The first-order valence-electron chi connectivity index (χ1n) is 5.59. The van der Waals surface area contributed by atoms with Crippen molar-refractivity contribution in [2.24, 2.45) is 0 Å². The van der Waals surface area contributed by atoms with Gasteiger partial charge in [0.1, 0.15) is 0 Å². The van der Waals surface area contributed by atoms with Crippen molar-refractivity contribution in [1.82, 2.24) is 15.1 Å². The molecule has 82 valence electrons. The average Bonchev–Trinajstić information content (AvgIpc) is 2.17. The van der Waals surface area contributed by atoms with Gasteiger partial charge >= 0.3 is 0 Å². The van der Waals surface area contributed by atoms with E-state index in [4.69, 9.17) is 4.74 Å². The highest BCUT2D eigenvalue weighted by atomic mass is 16.5. The second-order valence-electron chi connectivity index (χ2n) is 4.17. The number of hydrogen-bond acceptors (Lipinski definition) is 4. The molecule has 0 radical (unpaired) electrons. The summed E-state index contributed by atoms with van der Waals surface area (Å²) >= 11 is 0. The van der Waals surface area contributed by atoms with Crippen molar-refractivity contribution in [3.63, 3.8) is 0 Å². The van der Waals surface area contributed by atoms with E-state index in [9.17, 15) is 0 Å². The SMILES string of the molecule is CNCCN1CC(N2CCOCC2)C1. The Morgan fingerprint density at radius 2 is 2.00 bits per heavy atom. The molecule has 2 fully saturated rings. The maximum absolute atomic E-state index is 5.34. The molecule has 4 heteroatoms. The van der Waals surface area contributed by atoms with Crippen LogP contribution in [0.25, 0.3) is 0 Å². The Morgan fingerprint density at radius 1 is 1.29 bits per heavy atom. The maximum atomic E-state index is 5.34. The van der Waals surface area contributed by atoms with Crippen molar-refractivity contribution in [1.29, 1.82) is 0 Å². The van der Waals surface area contributed by atoms with Crippen LogP contribution in [0.3, 0.4) is 0 Å². The number of morpholine rings is 1. The van der Waals surface area contributed by atoms with Gasteiger partial charge in [-0.3, -0.25) is 9.80 Å². The fourth-order valence-corrected chi connectivity index (χ4v) is 2.17. The summed E-state index contributed by atoms with van der Waals surface area (Å²) in [5.74, 6) is 0. The summed E-state index contributed by atoms with van der Waals surface area (Å²) in [5.41, 5.74) is 0. The van der Waals surface area contributed by atoms with E-state index in [1.807, 2.05) is 7.05 Å². The molecule has 0 saturated carbocycles. The van der Waals surface area contributed by atoms with Crippen molar-refractivity contribution in [2.75, 3.05) is 59.5 Å². The van der Waals surface area contributed by atoms with Crippen molar-refractivity contribution < 1.29 is 4.74 Å². The Bertz CT molecular complexity index is 165. The number of nitrogens with zero attached hydrogens (tertiary/aromatic N) is 2. The fourth-order valence-electron chi connectivity index (χ4n) is 2.17. The highest BCUT2D eigenvalue weighted by Crippen LogP contribution is 2.15. The molecule has 4 nitrogen and oxygen atoms in total. The van der Waals surface area contributed by atoms with Gasteiger partial charge in [-0.2, -0.15) is 0 Å². The molecule has 2 aliphatic heterocycles. The second-order valence-corrected chi connectivity index (χ2v) is 4.17. The molecule has 0 aromatic carbocycles. The molecule has 0 aromatic rings. The van der Waals surface area contributed by atoms with Gasteiger partial charge in [-0.15, -0.1) is 0 Å². The Balaban J connectivity index is 1.61. The van der Waals surface area contributed by atoms with Crippen LogP contribution in [0.5, 0.6) is 0 Å². The normalized spacial score (nSPS) is 26.4. The van der Waals surface area contributed by atoms with Crippen LogP contribution in [-0.2, 0) is 4.74 Å². The van der Waals surface area contributed by atoms with Crippen LogP contribution in [0.4, 0.5) is 0 Å². The third-order valence-electron chi connectivity index (χ3n) is 3.18. The summed E-state index contributed by atoms with van der Waals surface area (Å²) in [5, 5.41) is 3.19. The third-order valence-corrected chi connectivity index (χ3v) is 3.18. The average molecular weight is 199 g/mol. The van der Waals surface area contributed by atoms with Crippen molar-refractivity contribution in [3.8, 4) is 0 Å². The van der Waals surface area contributed by atoms with E-state index >= 15 is 0 Å². The predicted molar refractivity (Wildman–Crippen MR) is 56.5 cm³/mol. The van der Waals surface area contributed by atoms with Crippen LogP contribution in [0.15, 0.2) is 0 Å². The molecule has 2 aliphatic rings. The van der Waals surface area contributed by atoms with E-state index in [2.05, 4.69) is 15.1 Å². The zero-order valence-corrected chi connectivity index (χ0v) is 9.04. The fraction of sp³-hybridized carbons (Fsp3) is 1.00. The smallest absolute Gasteiger partial charge is 0.0594 e. The molecule has 0 unspecified atom stereocenters. The summed E-state index contributed by atoms with van der Waals surface area (Å²) < 4.78 is 5.34. The van der Waals surface area contributed by atoms with Crippen molar-refractivity contribution >= 4 is 0 Å². The number of likely N-dealkylation sites (N-methyl/N-ethyl adjacent to an activating group) is 1. The predicted octanol–water partition coefficient (Wildman–Crippen LogP) is -0.778. The number of nitrogens with one attached hydrogen (secondary N) is 1. The van der Waals surface area contributed by atoms with Crippen LogP contribution in [-0.4, -0.2) is 75.4 Å². The number of rotatable bonds is 4. The number of hydrogen-bond donors (Lipinski definition) is 1. The molecule has 0 bridgehead atoms. The lowest BCUT2D eigenvalue weighted by Crippen LogP contribution is -2.62. The lowest BCUT2D eigenvalue weighted by atomic mass is 10.1. The first-order chi connectivity index (χ1) is 6.90. The van der Waals surface area contributed by atoms with Gasteiger partial charge in [-0.1, -0.05) is 0 Å². The van der Waals surface area contributed by atoms with Crippen LogP contribution in [0, 0.1) is 0 Å². The lowest BCUT2D eigenvalue weighted by molar-refractivity contribution is -0.0313. The first kappa shape index (κ1) is 10.4. The van der Waals surface area contributed by atoms with Crippen LogP contribution in [0.1, 0.15) is 0 Å². The molecule has 0 aliphatic carbocycles. The lowest BCUT2D eigenvalue weighted by Gasteiger charge is -2.46. The molecule has 1 N–H and O–H groups in total. The second kappa shape index (κ2) is 5.07. The van der Waals surface area contributed by atoms with Crippen LogP contribution >= 0.6 is 0 Å². The Morgan fingerprint density at radius 3 is 2.64 bits per heavy atom. The first-order valence-corrected chi connectivity index (χ1v) is 5.59. The van der Waals surface area contributed by atoms with Gasteiger partial charge in [-0.05, 0) is 7.05 Å². The summed E-state index contributed by atoms with van der Waals surface area (Å²) in [7, 11) is 2.01. The van der Waals surface area contributed by atoms with Gasteiger partial charge in [0, 0.05) is 45.3 Å². The third kappa shape index (κ3) is 2.45. The largest absolute Gasteiger partial charge is 0.379 e. The van der Waals surface area contributed by atoms with Crippen molar-refractivity contribution in [2.45, 2.75) is 6.04 Å². The highest BCUT2D eigenvalue weighted by molar-refractivity contribution is 4.88. The Kier molecular flexibility index (Phi) is 3.75. The molecule has 14 heavy (non-hydrogen) atoms. The molecule has 0 atom stereocenters. The molecule has 0 amide bonds. The minimum atomic E-state index is 0.802. The maximum Gasteiger partial charge on any atom is 0.0594 e. The van der Waals surface area contributed by atoms with Crippen molar-refractivity contribution in [3.05, 3.63) is 0 Å². The van der Waals surface area contributed by atoms with Gasteiger partial charge in [0.2, 0.25) is 0 Å². The zero-order chi connectivity index (χ0) is 9.80. The summed E-state index contributed by atoms with van der Waals surface area (Å²) in [6.45, 7) is 8.91. The Hall–Kier alpha value is -0.160. The zero-order valence-electron chi connectivity index (χ0n) is 9.04. The van der Waals surface area contributed by atoms with E-state index in [0.29, 0.717) is 0 Å². The minimum Gasteiger partial charge on any atom is -0.379 e. The van der Waals surface area contributed by atoms with Gasteiger partial charge in [0.05, 0.1) is 13.2 Å². The summed E-state index contributed by atoms with van der Waals surface area (Å²) in [6.07, 6.45) is 0. The van der Waals surface area contributed by atoms with E-state index in [0.717, 1.165) is 38.9 Å². The molecule has 2 saturated heterocycles. The van der Waals surface area contributed by atoms with E-state index < -0.39 is 0 Å². The molecule has 2 heterocycles. The minimum absolute atomic E-state index is 0.802. The summed E-state index contributed by atoms with van der Waals surface area (Å²) in [4.78, 5) is 5.08. The topological polar surface area (TPSA) is 27.7 Å². The quantitative estimate of drug-likeness (QED) is 0.643. The van der Waals surface area contributed by atoms with Gasteiger partial charge in [0.15, 0.2) is 0 Å². The molecule has 0 aromatic heterocycles. The van der Waals surface area contributed by atoms with E-state index in [1.54, 1.807) is 0 Å². The van der Waals surface area contributed by atoms with E-state index in [1.165, 1.54) is 19.6 Å². The van der Waals surface area contributed by atoms with Gasteiger partial charge < -0.3 is 10.1 Å². The standard InChI is InChI=1S/C10H21N3O/c1-11-2-3-12-8-10(9-12)13-4-6-14-7-5-13/h10-11H,2-9H2,1H3. The van der Waals surface area contributed by atoms with Crippen LogP contribution in [0.2, 0.25) is 0 Å². The number of ether oxygens (including phenoxy) is 1. The van der Waals surface area contributed by atoms with Gasteiger partial charge in [0.25, 0.3) is 0 Å². The molecule has 2 rings (SSSR count). The summed E-state index contributed by atoms with van der Waals surface area (Å²) in [6, 6.07) is 0.802. The highest BCUT2D eigenvalue weighted by Gasteiger charge is 2.31. The van der Waals surface area contributed by atoms with Gasteiger partial charge in [-0.25, -0.2) is 0 Å². The van der Waals surface area contributed by atoms with E-state index in [-0.39, 0.29) is 0 Å². The molecular weight excluding hydrogens is 178 g/mol. The number of likely N-dealkylation sites (tertiary alicyclic amines) is 1.